The van der Waals surface area contributed by atoms with E-state index in [-0.39, 0.29) is 36.5 Å². The van der Waals surface area contributed by atoms with Crippen LogP contribution in [0.4, 0.5) is 0 Å². The van der Waals surface area contributed by atoms with E-state index >= 15 is 0 Å². The monoisotopic (exact) mass is 577 g/mol. The van der Waals surface area contributed by atoms with E-state index in [1.54, 1.807) is 16.5 Å². The van der Waals surface area contributed by atoms with Crippen molar-refractivity contribution in [3.8, 4) is 0 Å². The van der Waals surface area contributed by atoms with E-state index in [4.69, 9.17) is 14.6 Å². The first-order valence-electron chi connectivity index (χ1n) is 12.9. The number of esters is 1. The molecule has 200 valence electrons. The van der Waals surface area contributed by atoms with Gasteiger partial charge in [-0.1, -0.05) is 46.1 Å². The Hall–Kier alpha value is -2.57. The third-order valence-electron chi connectivity index (χ3n) is 7.73. The van der Waals surface area contributed by atoms with Gasteiger partial charge in [-0.25, -0.2) is 4.68 Å². The minimum Gasteiger partial charge on any atom is -0.466 e. The molecule has 6 atom stereocenters. The third kappa shape index (κ3) is 4.42. The standard InChI is InChI=1S/C25H32BrN5O6/c1-2-36-24(35)18-19-23(34)30(11-7-3-4-8-12-32)21(25(19)13-15(26)20(18)37-25)22(33)27-14-31-17-10-6-5-9-16(17)28-29-31/h5-6,9-10,15,18-21,32H,2-4,7-8,11-14H2,1H3,(H,27,33)/t15?,18-,19-,20-,21?,25?/m0/s1. The number of para-hydroxylation sites is 1. The lowest BCUT2D eigenvalue weighted by molar-refractivity contribution is -0.154. The predicted octanol–water partition coefficient (Wildman–Crippen LogP) is 1.37. The van der Waals surface area contributed by atoms with Crippen LogP contribution in [0.2, 0.25) is 0 Å². The predicted molar refractivity (Wildman–Crippen MR) is 135 cm³/mol. The number of nitrogens with zero attached hydrogens (tertiary/aromatic N) is 4. The maximum absolute atomic E-state index is 13.8. The van der Waals surface area contributed by atoms with Gasteiger partial charge in [-0.3, -0.25) is 14.4 Å². The maximum atomic E-state index is 13.8. The van der Waals surface area contributed by atoms with Crippen LogP contribution in [0.15, 0.2) is 24.3 Å². The second-order valence-corrected chi connectivity index (χ2v) is 11.0. The number of rotatable bonds is 11. The molecule has 3 saturated heterocycles. The Balaban J connectivity index is 1.41. The maximum Gasteiger partial charge on any atom is 0.312 e. The zero-order valence-electron chi connectivity index (χ0n) is 20.7. The molecule has 1 spiro atoms. The molecule has 0 aliphatic carbocycles. The van der Waals surface area contributed by atoms with E-state index in [1.807, 2.05) is 24.3 Å². The van der Waals surface area contributed by atoms with E-state index < -0.39 is 35.6 Å². The zero-order chi connectivity index (χ0) is 26.2. The van der Waals surface area contributed by atoms with Gasteiger partial charge in [0.2, 0.25) is 11.8 Å². The molecule has 12 heteroatoms. The smallest absolute Gasteiger partial charge is 0.312 e. The number of aliphatic hydroxyl groups excluding tert-OH is 1. The van der Waals surface area contributed by atoms with Crippen molar-refractivity contribution in [1.29, 1.82) is 0 Å². The lowest BCUT2D eigenvalue weighted by atomic mass is 9.70. The van der Waals surface area contributed by atoms with Gasteiger partial charge < -0.3 is 24.8 Å². The Morgan fingerprint density at radius 3 is 2.84 bits per heavy atom. The van der Waals surface area contributed by atoms with Crippen molar-refractivity contribution in [2.45, 2.75) is 68.3 Å². The number of unbranched alkanes of at least 4 members (excludes halogenated alkanes) is 3. The molecule has 5 rings (SSSR count). The van der Waals surface area contributed by atoms with Crippen molar-refractivity contribution in [1.82, 2.24) is 25.2 Å². The topological polar surface area (TPSA) is 136 Å². The van der Waals surface area contributed by atoms with Gasteiger partial charge in [0.25, 0.3) is 0 Å². The molecular formula is C25H32BrN5O6. The zero-order valence-corrected chi connectivity index (χ0v) is 22.3. The van der Waals surface area contributed by atoms with E-state index in [1.165, 1.54) is 0 Å². The number of amides is 2. The van der Waals surface area contributed by atoms with Crippen molar-refractivity contribution < 1.29 is 29.0 Å². The van der Waals surface area contributed by atoms with E-state index in [2.05, 4.69) is 31.6 Å². The van der Waals surface area contributed by atoms with Crippen molar-refractivity contribution >= 4 is 44.7 Å². The fourth-order valence-corrected chi connectivity index (χ4v) is 7.15. The summed E-state index contributed by atoms with van der Waals surface area (Å²) in [6, 6.07) is 6.57. The van der Waals surface area contributed by atoms with Crippen LogP contribution in [0.1, 0.15) is 39.0 Å². The van der Waals surface area contributed by atoms with Crippen LogP contribution in [0.5, 0.6) is 0 Å². The van der Waals surface area contributed by atoms with E-state index in [0.717, 1.165) is 18.4 Å². The number of hydrogen-bond acceptors (Lipinski definition) is 8. The van der Waals surface area contributed by atoms with Gasteiger partial charge >= 0.3 is 5.97 Å². The first-order chi connectivity index (χ1) is 17.9. The van der Waals surface area contributed by atoms with Crippen molar-refractivity contribution in [3.05, 3.63) is 24.3 Å². The molecule has 3 unspecified atom stereocenters. The molecule has 0 saturated carbocycles. The Kier molecular flexibility index (Phi) is 7.51. The number of carbonyl (C=O) groups excluding carboxylic acids is 3. The van der Waals surface area contributed by atoms with Crippen LogP contribution >= 0.6 is 15.9 Å². The average molecular weight is 578 g/mol. The van der Waals surface area contributed by atoms with Gasteiger partial charge in [-0.2, -0.15) is 0 Å². The lowest BCUT2D eigenvalue weighted by Gasteiger charge is -2.34. The SMILES string of the molecule is CCOC(=O)[C@H]1[C@H]2C(=O)N(CCCCCCO)C(C(=O)NCn3nnc4ccccc43)C23CC(Br)[C@@H]1O3. The summed E-state index contributed by atoms with van der Waals surface area (Å²) in [5, 5.41) is 20.3. The van der Waals surface area contributed by atoms with Crippen LogP contribution in [0, 0.1) is 11.8 Å². The Morgan fingerprint density at radius 2 is 2.05 bits per heavy atom. The summed E-state index contributed by atoms with van der Waals surface area (Å²) in [6.07, 6.45) is 2.92. The molecule has 3 aliphatic heterocycles. The normalized spacial score (nSPS) is 30.2. The van der Waals surface area contributed by atoms with Gasteiger partial charge in [0, 0.05) is 18.0 Å². The number of benzene rings is 1. The number of ether oxygens (including phenoxy) is 2. The van der Waals surface area contributed by atoms with Crippen LogP contribution in [0.25, 0.3) is 11.0 Å². The Bertz CT molecular complexity index is 1180. The molecule has 1 aromatic carbocycles. The molecular weight excluding hydrogens is 546 g/mol. The molecule has 37 heavy (non-hydrogen) atoms. The van der Waals surface area contributed by atoms with Crippen molar-refractivity contribution in [2.75, 3.05) is 19.8 Å². The van der Waals surface area contributed by atoms with Gasteiger partial charge in [0.1, 0.15) is 23.8 Å². The molecule has 3 fully saturated rings. The minimum atomic E-state index is -1.12. The van der Waals surface area contributed by atoms with Crippen molar-refractivity contribution in [2.24, 2.45) is 11.8 Å². The third-order valence-corrected chi connectivity index (χ3v) is 8.57. The molecule has 3 aliphatic rings. The van der Waals surface area contributed by atoms with Crippen LogP contribution in [-0.2, 0) is 30.5 Å². The first kappa shape index (κ1) is 26.1. The highest BCUT2D eigenvalue weighted by molar-refractivity contribution is 9.09. The number of alkyl halides is 1. The van der Waals surface area contributed by atoms with Gasteiger partial charge in [0.05, 0.1) is 30.1 Å². The van der Waals surface area contributed by atoms with Gasteiger partial charge in [-0.05, 0) is 38.3 Å². The van der Waals surface area contributed by atoms with Crippen LogP contribution in [0.3, 0.4) is 0 Å². The number of carbonyl (C=O) groups is 3. The second kappa shape index (κ2) is 10.7. The molecule has 2 bridgehead atoms. The lowest BCUT2D eigenvalue weighted by Crippen LogP contribution is -2.56. The molecule has 2 aromatic rings. The number of aromatic nitrogens is 3. The van der Waals surface area contributed by atoms with E-state index in [0.29, 0.717) is 31.3 Å². The number of nitrogens with one attached hydrogen (secondary N) is 1. The molecule has 11 nitrogen and oxygen atoms in total. The summed E-state index contributed by atoms with van der Waals surface area (Å²) in [5.41, 5.74) is 0.378. The minimum absolute atomic E-state index is 0.0810. The number of halogens is 1. The summed E-state index contributed by atoms with van der Waals surface area (Å²) in [5.74, 6) is -2.59. The molecule has 1 aromatic heterocycles. The van der Waals surface area contributed by atoms with Crippen LogP contribution in [-0.4, -0.2) is 85.1 Å². The van der Waals surface area contributed by atoms with Gasteiger partial charge in [-0.15, -0.1) is 5.10 Å². The summed E-state index contributed by atoms with van der Waals surface area (Å²) in [6.45, 7) is 2.50. The number of likely N-dealkylation sites (tertiary alicyclic amines) is 1. The van der Waals surface area contributed by atoms with E-state index in [9.17, 15) is 14.4 Å². The number of fused-ring (bicyclic) bond motifs is 2. The summed E-state index contributed by atoms with van der Waals surface area (Å²) in [4.78, 5) is 42.0. The van der Waals surface area contributed by atoms with Gasteiger partial charge in [0.15, 0.2) is 0 Å². The Labute approximate surface area is 223 Å². The van der Waals surface area contributed by atoms with Crippen molar-refractivity contribution in [3.63, 3.8) is 0 Å². The second-order valence-electron chi connectivity index (χ2n) is 9.86. The summed E-state index contributed by atoms with van der Waals surface area (Å²) >= 11 is 3.64. The average Bonchev–Trinajstić information content (AvgIpc) is 3.60. The number of hydrogen-bond donors (Lipinski definition) is 2. The highest BCUT2D eigenvalue weighted by Crippen LogP contribution is 2.60. The molecule has 0 radical (unpaired) electrons. The quantitative estimate of drug-likeness (QED) is 0.232. The largest absolute Gasteiger partial charge is 0.466 e. The summed E-state index contributed by atoms with van der Waals surface area (Å²) < 4.78 is 13.3. The highest BCUT2D eigenvalue weighted by atomic mass is 79.9. The fraction of sp³-hybridized carbons (Fsp3) is 0.640. The molecule has 4 heterocycles. The molecule has 2 amide bonds. The number of aliphatic hydroxyl groups is 1. The first-order valence-corrected chi connectivity index (χ1v) is 13.8. The Morgan fingerprint density at radius 1 is 1.27 bits per heavy atom. The highest BCUT2D eigenvalue weighted by Gasteiger charge is 2.76. The van der Waals surface area contributed by atoms with Crippen LogP contribution < -0.4 is 5.32 Å². The summed E-state index contributed by atoms with van der Waals surface area (Å²) in [7, 11) is 0. The fourth-order valence-electron chi connectivity index (χ4n) is 6.21. The molecule has 2 N–H and O–H groups in total.